The summed E-state index contributed by atoms with van der Waals surface area (Å²) in [4.78, 5) is 4.48. The molecule has 4 rings (SSSR count). The summed E-state index contributed by atoms with van der Waals surface area (Å²) in [5.41, 5.74) is 0.928. The number of para-hydroxylation sites is 1. The zero-order valence-corrected chi connectivity index (χ0v) is 16.3. The third kappa shape index (κ3) is 3.54. The number of halogens is 1. The van der Waals surface area contributed by atoms with E-state index in [1.165, 1.54) is 15.6 Å². The van der Waals surface area contributed by atoms with E-state index < -0.39 is 10.0 Å². The lowest BCUT2D eigenvalue weighted by Crippen LogP contribution is -2.41. The van der Waals surface area contributed by atoms with Crippen molar-refractivity contribution in [2.24, 2.45) is 0 Å². The largest absolute Gasteiger partial charge is 0.467 e. The van der Waals surface area contributed by atoms with Gasteiger partial charge in [-0.3, -0.25) is 0 Å². The Morgan fingerprint density at radius 3 is 2.56 bits per heavy atom. The van der Waals surface area contributed by atoms with Crippen LogP contribution in [0.25, 0.3) is 10.2 Å². The Kier molecular flexibility index (Phi) is 4.72. The van der Waals surface area contributed by atoms with Crippen molar-refractivity contribution < 1.29 is 13.2 Å². The molecular weight excluding hydrogens is 400 g/mol. The Morgan fingerprint density at radius 2 is 1.88 bits per heavy atom. The van der Waals surface area contributed by atoms with Crippen LogP contribution in [0, 0.1) is 0 Å². The fourth-order valence-electron chi connectivity index (χ4n) is 2.80. The SMILES string of the molecule is O=S(=O)(c1ccc(Cl)s1)N1CCC(Oc2nc3ccccc3s2)CC1. The molecule has 0 spiro atoms. The molecule has 0 aliphatic carbocycles. The Balaban J connectivity index is 1.41. The van der Waals surface area contributed by atoms with E-state index in [1.54, 1.807) is 12.1 Å². The van der Waals surface area contributed by atoms with Gasteiger partial charge in [0.25, 0.3) is 15.2 Å². The molecule has 25 heavy (non-hydrogen) atoms. The van der Waals surface area contributed by atoms with Gasteiger partial charge >= 0.3 is 0 Å². The monoisotopic (exact) mass is 414 g/mol. The lowest BCUT2D eigenvalue weighted by atomic mass is 10.1. The maximum absolute atomic E-state index is 12.6. The van der Waals surface area contributed by atoms with Crippen molar-refractivity contribution in [1.82, 2.24) is 9.29 Å². The van der Waals surface area contributed by atoms with Crippen molar-refractivity contribution in [3.8, 4) is 5.19 Å². The number of hydrogen-bond acceptors (Lipinski definition) is 6. The van der Waals surface area contributed by atoms with Crippen molar-refractivity contribution in [3.05, 3.63) is 40.7 Å². The summed E-state index contributed by atoms with van der Waals surface area (Å²) >= 11 is 8.47. The number of nitrogens with zero attached hydrogens (tertiary/aromatic N) is 2. The van der Waals surface area contributed by atoms with Gasteiger partial charge in [0.15, 0.2) is 0 Å². The van der Waals surface area contributed by atoms with Gasteiger partial charge < -0.3 is 4.74 Å². The van der Waals surface area contributed by atoms with Gasteiger partial charge in [-0.05, 0) is 37.1 Å². The second kappa shape index (κ2) is 6.85. The molecule has 0 bridgehead atoms. The molecule has 0 unspecified atom stereocenters. The number of ether oxygens (including phenoxy) is 1. The van der Waals surface area contributed by atoms with Crippen LogP contribution in [0.15, 0.2) is 40.6 Å². The molecule has 1 aliphatic heterocycles. The maximum Gasteiger partial charge on any atom is 0.274 e. The number of hydrogen-bond donors (Lipinski definition) is 0. The summed E-state index contributed by atoms with van der Waals surface area (Å²) in [6.45, 7) is 0.876. The summed E-state index contributed by atoms with van der Waals surface area (Å²) in [5.74, 6) is 0. The molecule has 132 valence electrons. The number of piperidine rings is 1. The van der Waals surface area contributed by atoms with E-state index in [1.807, 2.05) is 24.3 Å². The van der Waals surface area contributed by atoms with E-state index >= 15 is 0 Å². The highest BCUT2D eigenvalue weighted by molar-refractivity contribution is 7.91. The van der Waals surface area contributed by atoms with Gasteiger partial charge in [-0.15, -0.1) is 11.3 Å². The molecule has 2 aromatic heterocycles. The van der Waals surface area contributed by atoms with E-state index in [2.05, 4.69) is 4.98 Å². The molecule has 3 aromatic rings. The van der Waals surface area contributed by atoms with Gasteiger partial charge in [0.05, 0.1) is 14.6 Å². The van der Waals surface area contributed by atoms with Gasteiger partial charge in [0.2, 0.25) is 0 Å². The topological polar surface area (TPSA) is 59.5 Å². The highest BCUT2D eigenvalue weighted by atomic mass is 35.5. The van der Waals surface area contributed by atoms with Gasteiger partial charge in [0.1, 0.15) is 10.3 Å². The van der Waals surface area contributed by atoms with Gasteiger partial charge in [-0.25, -0.2) is 13.4 Å². The first-order valence-corrected chi connectivity index (χ1v) is 11.3. The summed E-state index contributed by atoms with van der Waals surface area (Å²) in [6.07, 6.45) is 1.28. The molecule has 1 aromatic carbocycles. The van der Waals surface area contributed by atoms with Crippen LogP contribution >= 0.6 is 34.3 Å². The number of sulfonamides is 1. The third-order valence-electron chi connectivity index (χ3n) is 4.09. The number of thiophene rings is 1. The van der Waals surface area contributed by atoms with Crippen LogP contribution < -0.4 is 4.74 Å². The molecule has 0 atom stereocenters. The minimum absolute atomic E-state index is 0.0149. The molecule has 0 amide bonds. The molecule has 1 aliphatic rings. The Morgan fingerprint density at radius 1 is 1.12 bits per heavy atom. The number of fused-ring (bicyclic) bond motifs is 1. The smallest absolute Gasteiger partial charge is 0.274 e. The minimum atomic E-state index is -3.46. The number of aromatic nitrogens is 1. The van der Waals surface area contributed by atoms with E-state index in [0.29, 0.717) is 39.7 Å². The zero-order chi connectivity index (χ0) is 17.4. The molecule has 5 nitrogen and oxygen atoms in total. The summed E-state index contributed by atoms with van der Waals surface area (Å²) in [6, 6.07) is 11.1. The average Bonchev–Trinajstić information content (AvgIpc) is 3.21. The van der Waals surface area contributed by atoms with E-state index in [4.69, 9.17) is 16.3 Å². The quantitative estimate of drug-likeness (QED) is 0.640. The standard InChI is InChI=1S/C16H15ClN2O3S3/c17-14-5-6-15(24-14)25(20,21)19-9-7-11(8-10-19)22-16-18-12-3-1-2-4-13(12)23-16/h1-6,11H,7-10H2. The van der Waals surface area contributed by atoms with Crippen LogP contribution in [0.5, 0.6) is 5.19 Å². The first kappa shape index (κ1) is 17.2. The third-order valence-corrected chi connectivity index (χ3v) is 8.61. The van der Waals surface area contributed by atoms with Crippen molar-refractivity contribution in [1.29, 1.82) is 0 Å². The van der Waals surface area contributed by atoms with E-state index in [0.717, 1.165) is 21.6 Å². The highest BCUT2D eigenvalue weighted by Crippen LogP contribution is 2.32. The summed E-state index contributed by atoms with van der Waals surface area (Å²) < 4.78 is 34.6. The van der Waals surface area contributed by atoms with Gasteiger partial charge in [-0.1, -0.05) is 35.1 Å². The van der Waals surface area contributed by atoms with Crippen molar-refractivity contribution in [2.45, 2.75) is 23.2 Å². The Labute approximate surface area is 158 Å². The molecule has 1 fully saturated rings. The van der Waals surface area contributed by atoms with Crippen LogP contribution in [0.3, 0.4) is 0 Å². The van der Waals surface area contributed by atoms with Crippen LogP contribution in [0.1, 0.15) is 12.8 Å². The lowest BCUT2D eigenvalue weighted by molar-refractivity contribution is 0.135. The minimum Gasteiger partial charge on any atom is -0.467 e. The van der Waals surface area contributed by atoms with E-state index in [9.17, 15) is 8.42 Å². The number of rotatable bonds is 4. The normalized spacial score (nSPS) is 17.2. The molecule has 0 saturated carbocycles. The van der Waals surface area contributed by atoms with Crippen LogP contribution in [-0.4, -0.2) is 36.9 Å². The number of thiazole rings is 1. The molecular formula is C16H15ClN2O3S3. The predicted molar refractivity (Wildman–Crippen MR) is 101 cm³/mol. The second-order valence-corrected chi connectivity index (χ2v) is 10.6. The van der Waals surface area contributed by atoms with Crippen LogP contribution in [0.2, 0.25) is 4.34 Å². The van der Waals surface area contributed by atoms with Crippen molar-refractivity contribution in [3.63, 3.8) is 0 Å². The molecule has 0 radical (unpaired) electrons. The first-order valence-electron chi connectivity index (χ1n) is 7.80. The van der Waals surface area contributed by atoms with Crippen LogP contribution in [0.4, 0.5) is 0 Å². The highest BCUT2D eigenvalue weighted by Gasteiger charge is 2.31. The first-order chi connectivity index (χ1) is 12.0. The summed E-state index contributed by atoms with van der Waals surface area (Å²) in [5, 5.41) is 0.646. The second-order valence-electron chi connectivity index (χ2n) is 5.73. The zero-order valence-electron chi connectivity index (χ0n) is 13.1. The maximum atomic E-state index is 12.6. The fraction of sp³-hybridized carbons (Fsp3) is 0.312. The van der Waals surface area contributed by atoms with Crippen LogP contribution in [-0.2, 0) is 10.0 Å². The molecule has 3 heterocycles. The summed E-state index contributed by atoms with van der Waals surface area (Å²) in [7, 11) is -3.46. The Bertz CT molecular complexity index is 958. The molecule has 9 heteroatoms. The fourth-order valence-corrected chi connectivity index (χ4v) is 6.79. The Hall–Kier alpha value is -1.19. The van der Waals surface area contributed by atoms with Crippen molar-refractivity contribution in [2.75, 3.05) is 13.1 Å². The van der Waals surface area contributed by atoms with Gasteiger partial charge in [0, 0.05) is 13.1 Å². The lowest BCUT2D eigenvalue weighted by Gasteiger charge is -2.30. The van der Waals surface area contributed by atoms with Crippen molar-refractivity contribution >= 4 is 54.5 Å². The van der Waals surface area contributed by atoms with E-state index in [-0.39, 0.29) is 6.10 Å². The predicted octanol–water partition coefficient (Wildman–Crippen LogP) is 4.24. The number of benzene rings is 1. The van der Waals surface area contributed by atoms with Gasteiger partial charge in [-0.2, -0.15) is 4.31 Å². The molecule has 0 N–H and O–H groups in total. The average molecular weight is 415 g/mol. The molecule has 1 saturated heterocycles.